The van der Waals surface area contributed by atoms with Crippen LogP contribution in [0.15, 0.2) is 9.70 Å². The van der Waals surface area contributed by atoms with Gasteiger partial charge in [0.2, 0.25) is 0 Å². The van der Waals surface area contributed by atoms with Gasteiger partial charge in [0.25, 0.3) is 11.5 Å². The Morgan fingerprint density at radius 3 is 2.72 bits per heavy atom. The van der Waals surface area contributed by atoms with Gasteiger partial charge in [0.1, 0.15) is 21.8 Å². The van der Waals surface area contributed by atoms with Gasteiger partial charge in [0.15, 0.2) is 0 Å². The molecule has 172 valence electrons. The lowest BCUT2D eigenvalue weighted by Crippen LogP contribution is -2.40. The number of hydrogen-bond acceptors (Lipinski definition) is 7. The number of nitriles is 1. The number of nitrogens with zero attached hydrogens (tertiary/aromatic N) is 4. The molecule has 1 aromatic heterocycles. The Morgan fingerprint density at radius 1 is 1.34 bits per heavy atom. The first kappa shape index (κ1) is 24.5. The van der Waals surface area contributed by atoms with Gasteiger partial charge in [-0.1, -0.05) is 37.8 Å². The first-order valence-electron chi connectivity index (χ1n) is 11.0. The number of carbonyl (C=O) groups excluding carboxylic acids is 1. The summed E-state index contributed by atoms with van der Waals surface area (Å²) >= 11 is 6.67. The Labute approximate surface area is 199 Å². The Morgan fingerprint density at radius 2 is 2.09 bits per heavy atom. The lowest BCUT2D eigenvalue weighted by atomic mass is 9.98. The third kappa shape index (κ3) is 4.77. The van der Waals surface area contributed by atoms with Crippen LogP contribution in [0.1, 0.15) is 49.8 Å². The highest BCUT2D eigenvalue weighted by Crippen LogP contribution is 2.36. The maximum atomic E-state index is 13.2. The molecule has 0 aliphatic carbocycles. The molecule has 1 unspecified atom stereocenters. The van der Waals surface area contributed by atoms with Crippen molar-refractivity contribution in [3.8, 4) is 6.07 Å². The fourth-order valence-corrected chi connectivity index (χ4v) is 5.59. The molecule has 0 aromatic carbocycles. The number of carbonyl (C=O) groups is 1. The van der Waals surface area contributed by atoms with Gasteiger partial charge in [-0.15, -0.1) is 0 Å². The zero-order valence-electron chi connectivity index (χ0n) is 19.1. The number of ether oxygens (including phenoxy) is 1. The van der Waals surface area contributed by atoms with Crippen molar-refractivity contribution in [3.05, 3.63) is 31.9 Å². The summed E-state index contributed by atoms with van der Waals surface area (Å²) in [5.41, 5.74) is 1.24. The Bertz CT molecular complexity index is 1040. The average Bonchev–Trinajstić information content (AvgIpc) is 3.03. The molecule has 7 nitrogen and oxygen atoms in total. The number of thiocarbonyl (C=S) groups is 1. The predicted molar refractivity (Wildman–Crippen MR) is 133 cm³/mol. The largest absolute Gasteiger partial charge is 0.383 e. The molecule has 32 heavy (non-hydrogen) atoms. The zero-order chi connectivity index (χ0) is 23.4. The van der Waals surface area contributed by atoms with E-state index in [-0.39, 0.29) is 17.0 Å². The van der Waals surface area contributed by atoms with E-state index in [0.717, 1.165) is 43.7 Å². The third-order valence-corrected chi connectivity index (χ3v) is 7.30. The highest BCUT2D eigenvalue weighted by atomic mass is 32.2. The van der Waals surface area contributed by atoms with Crippen LogP contribution in [0.5, 0.6) is 0 Å². The number of anilines is 1. The quantitative estimate of drug-likeness (QED) is 0.442. The first-order chi connectivity index (χ1) is 15.3. The van der Waals surface area contributed by atoms with Crippen molar-refractivity contribution >= 4 is 46.1 Å². The maximum absolute atomic E-state index is 13.2. The van der Waals surface area contributed by atoms with Crippen LogP contribution in [-0.2, 0) is 16.1 Å². The van der Waals surface area contributed by atoms with E-state index in [0.29, 0.717) is 40.4 Å². The molecule has 2 fully saturated rings. The molecule has 3 rings (SSSR count). The van der Waals surface area contributed by atoms with Crippen LogP contribution < -0.4 is 10.5 Å². The second kappa shape index (κ2) is 10.6. The molecule has 0 bridgehead atoms. The van der Waals surface area contributed by atoms with Gasteiger partial charge in [0.05, 0.1) is 18.1 Å². The monoisotopic (exact) mass is 474 g/mol. The van der Waals surface area contributed by atoms with E-state index in [1.54, 1.807) is 23.5 Å². The summed E-state index contributed by atoms with van der Waals surface area (Å²) in [7, 11) is 1.59. The lowest BCUT2D eigenvalue weighted by molar-refractivity contribution is -0.122. The molecular formula is C23H30N4O3S2. The number of aromatic nitrogens is 1. The molecule has 2 aliphatic rings. The summed E-state index contributed by atoms with van der Waals surface area (Å²) in [5, 5.41) is 9.74. The minimum atomic E-state index is -0.259. The average molecular weight is 475 g/mol. The second-order valence-electron chi connectivity index (χ2n) is 8.33. The number of thioether (sulfide) groups is 1. The number of rotatable bonds is 7. The van der Waals surface area contributed by atoms with Crippen molar-refractivity contribution < 1.29 is 9.53 Å². The zero-order valence-corrected chi connectivity index (χ0v) is 20.8. The fourth-order valence-electron chi connectivity index (χ4n) is 4.30. The molecule has 0 saturated carbocycles. The van der Waals surface area contributed by atoms with Gasteiger partial charge in [-0.05, 0) is 43.7 Å². The van der Waals surface area contributed by atoms with Gasteiger partial charge >= 0.3 is 0 Å². The highest BCUT2D eigenvalue weighted by Gasteiger charge is 2.33. The van der Waals surface area contributed by atoms with E-state index >= 15 is 0 Å². The SMILES string of the molecule is CCCn1c(N2CCCC(C)C2)c(/C=C2/SC(=S)N(CCOC)C2=O)c(C)c(C#N)c1=O. The molecule has 0 N–H and O–H groups in total. The van der Waals surface area contributed by atoms with Crippen LogP contribution in [0.2, 0.25) is 0 Å². The van der Waals surface area contributed by atoms with Crippen LogP contribution in [-0.4, -0.2) is 53.0 Å². The van der Waals surface area contributed by atoms with E-state index in [9.17, 15) is 14.9 Å². The normalized spacial score (nSPS) is 20.3. The van der Waals surface area contributed by atoms with Gasteiger partial charge < -0.3 is 9.64 Å². The van der Waals surface area contributed by atoms with Crippen molar-refractivity contribution in [3.63, 3.8) is 0 Å². The molecule has 1 aromatic rings. The molecule has 1 atom stereocenters. The summed E-state index contributed by atoms with van der Waals surface area (Å²) in [6.07, 6.45) is 4.78. The summed E-state index contributed by atoms with van der Waals surface area (Å²) < 4.78 is 7.32. The molecular weight excluding hydrogens is 444 g/mol. The number of hydrogen-bond donors (Lipinski definition) is 0. The van der Waals surface area contributed by atoms with Crippen LogP contribution >= 0.6 is 24.0 Å². The van der Waals surface area contributed by atoms with E-state index < -0.39 is 0 Å². The van der Waals surface area contributed by atoms with Crippen LogP contribution in [0.25, 0.3) is 6.08 Å². The number of amides is 1. The second-order valence-corrected chi connectivity index (χ2v) is 10.0. The minimum absolute atomic E-state index is 0.133. The molecule has 0 spiro atoms. The minimum Gasteiger partial charge on any atom is -0.383 e. The standard InChI is InChI=1S/C23H30N4O3S2/c1-5-8-26-20(25-9-6-7-15(2)14-25)17(16(3)18(13-24)21(26)28)12-19-22(29)27(10-11-30-4)23(31)32-19/h12,15H,5-11,14H2,1-4H3/b19-12+. The van der Waals surface area contributed by atoms with Crippen LogP contribution in [0, 0.1) is 24.2 Å². The Hall–Kier alpha value is -2.15. The molecule has 1 amide bonds. The van der Waals surface area contributed by atoms with Crippen molar-refractivity contribution in [2.75, 3.05) is 38.3 Å². The van der Waals surface area contributed by atoms with Crippen molar-refractivity contribution in [1.82, 2.24) is 9.47 Å². The molecule has 3 heterocycles. The van der Waals surface area contributed by atoms with Crippen LogP contribution in [0.3, 0.4) is 0 Å². The highest BCUT2D eigenvalue weighted by molar-refractivity contribution is 8.26. The molecule has 9 heteroatoms. The molecule has 2 saturated heterocycles. The Balaban J connectivity index is 2.20. The maximum Gasteiger partial charge on any atom is 0.270 e. The number of pyridine rings is 1. The summed E-state index contributed by atoms with van der Waals surface area (Å²) in [6, 6.07) is 2.10. The summed E-state index contributed by atoms with van der Waals surface area (Å²) in [4.78, 5) is 30.6. The lowest BCUT2D eigenvalue weighted by Gasteiger charge is -2.36. The van der Waals surface area contributed by atoms with Crippen molar-refractivity contribution in [1.29, 1.82) is 5.26 Å². The first-order valence-corrected chi connectivity index (χ1v) is 12.2. The van der Waals surface area contributed by atoms with E-state index in [1.165, 1.54) is 11.8 Å². The fraction of sp³-hybridized carbons (Fsp3) is 0.565. The smallest absolute Gasteiger partial charge is 0.270 e. The predicted octanol–water partition coefficient (Wildman–Crippen LogP) is 3.52. The van der Waals surface area contributed by atoms with Gasteiger partial charge in [0, 0.05) is 32.3 Å². The van der Waals surface area contributed by atoms with Crippen LogP contribution in [0.4, 0.5) is 5.82 Å². The van der Waals surface area contributed by atoms with E-state index in [4.69, 9.17) is 17.0 Å². The van der Waals surface area contributed by atoms with Crippen molar-refractivity contribution in [2.45, 2.75) is 46.6 Å². The van der Waals surface area contributed by atoms with E-state index in [2.05, 4.69) is 17.9 Å². The third-order valence-electron chi connectivity index (χ3n) is 5.92. The number of methoxy groups -OCH3 is 1. The Kier molecular flexibility index (Phi) is 8.15. The van der Waals surface area contributed by atoms with Gasteiger partial charge in [-0.2, -0.15) is 5.26 Å². The van der Waals surface area contributed by atoms with Gasteiger partial charge in [-0.25, -0.2) is 0 Å². The molecule has 2 aliphatic heterocycles. The van der Waals surface area contributed by atoms with Gasteiger partial charge in [-0.3, -0.25) is 19.1 Å². The summed E-state index contributed by atoms with van der Waals surface area (Å²) in [5.74, 6) is 1.15. The van der Waals surface area contributed by atoms with E-state index in [1.807, 2.05) is 13.0 Å². The summed E-state index contributed by atoms with van der Waals surface area (Å²) in [6.45, 7) is 9.02. The van der Waals surface area contributed by atoms with Crippen molar-refractivity contribution in [2.24, 2.45) is 5.92 Å². The molecule has 0 radical (unpaired) electrons. The topological polar surface area (TPSA) is 78.6 Å². The number of piperidine rings is 1.